The van der Waals surface area contributed by atoms with Crippen molar-refractivity contribution in [2.24, 2.45) is 5.73 Å². The van der Waals surface area contributed by atoms with Crippen molar-refractivity contribution in [3.63, 3.8) is 0 Å². The zero-order valence-electron chi connectivity index (χ0n) is 19.4. The van der Waals surface area contributed by atoms with Crippen LogP contribution < -0.4 is 10.6 Å². The van der Waals surface area contributed by atoms with E-state index in [4.69, 9.17) is 10.5 Å². The molecule has 0 unspecified atom stereocenters. The number of primary amides is 1. The number of halogens is 1. The summed E-state index contributed by atoms with van der Waals surface area (Å²) in [4.78, 5) is 16.5. The Morgan fingerprint density at radius 3 is 2.63 bits per heavy atom. The molecule has 1 amide bonds. The second-order valence-corrected chi connectivity index (χ2v) is 9.14. The molecule has 0 saturated carbocycles. The van der Waals surface area contributed by atoms with Gasteiger partial charge >= 0.3 is 0 Å². The van der Waals surface area contributed by atoms with Crippen LogP contribution >= 0.6 is 0 Å². The van der Waals surface area contributed by atoms with Gasteiger partial charge in [0.15, 0.2) is 0 Å². The van der Waals surface area contributed by atoms with E-state index in [1.165, 1.54) is 12.1 Å². The Balaban J connectivity index is 1.29. The van der Waals surface area contributed by atoms with Gasteiger partial charge in [-0.2, -0.15) is 10.2 Å². The summed E-state index contributed by atoms with van der Waals surface area (Å²) in [6.07, 6.45) is 7.40. The van der Waals surface area contributed by atoms with Gasteiger partial charge in [0, 0.05) is 55.4 Å². The molecular weight excluding hydrogens is 449 g/mol. The van der Waals surface area contributed by atoms with Crippen molar-refractivity contribution < 1.29 is 13.9 Å². The lowest BCUT2D eigenvalue weighted by Crippen LogP contribution is -2.56. The number of aromatic nitrogens is 4. The summed E-state index contributed by atoms with van der Waals surface area (Å²) in [5, 5.41) is 8.98. The molecule has 6 rings (SSSR count). The number of aryl methyl sites for hydroxylation is 1. The van der Waals surface area contributed by atoms with E-state index < -0.39 is 11.7 Å². The average Bonchev–Trinajstić information content (AvgIpc) is 3.45. The predicted molar refractivity (Wildman–Crippen MR) is 129 cm³/mol. The minimum Gasteiger partial charge on any atom is -0.378 e. The molecule has 2 aliphatic heterocycles. The number of piperazine rings is 1. The topological polar surface area (TPSA) is 93.9 Å². The summed E-state index contributed by atoms with van der Waals surface area (Å²) in [6, 6.07) is 7.57. The second kappa shape index (κ2) is 8.47. The average molecular weight is 476 g/mol. The van der Waals surface area contributed by atoms with Gasteiger partial charge in [-0.1, -0.05) is 0 Å². The SMILES string of the molecule is Cc1cc(F)c(C(N)=O)cc1-n1cc(-c2cnn3ccc(N4CCN(C5COC5)CC4)cc23)cn1. The van der Waals surface area contributed by atoms with Gasteiger partial charge in [-0.05, 0) is 36.8 Å². The van der Waals surface area contributed by atoms with E-state index in [0.717, 1.165) is 61.7 Å². The molecule has 3 aromatic heterocycles. The van der Waals surface area contributed by atoms with E-state index in [1.54, 1.807) is 17.8 Å². The minimum absolute atomic E-state index is 0.159. The largest absolute Gasteiger partial charge is 0.378 e. The maximum atomic E-state index is 14.1. The van der Waals surface area contributed by atoms with Gasteiger partial charge in [-0.25, -0.2) is 13.6 Å². The summed E-state index contributed by atoms with van der Waals surface area (Å²) >= 11 is 0. The Hall–Kier alpha value is -3.76. The molecule has 2 aliphatic rings. The predicted octanol–water partition coefficient (Wildman–Crippen LogP) is 2.25. The van der Waals surface area contributed by atoms with Gasteiger partial charge in [-0.3, -0.25) is 9.69 Å². The zero-order valence-corrected chi connectivity index (χ0v) is 19.4. The fourth-order valence-corrected chi connectivity index (χ4v) is 4.86. The van der Waals surface area contributed by atoms with E-state index in [-0.39, 0.29) is 5.56 Å². The van der Waals surface area contributed by atoms with Crippen molar-refractivity contribution in [3.05, 3.63) is 66.0 Å². The van der Waals surface area contributed by atoms with Crippen LogP contribution in [0.1, 0.15) is 15.9 Å². The smallest absolute Gasteiger partial charge is 0.251 e. The van der Waals surface area contributed by atoms with Gasteiger partial charge < -0.3 is 15.4 Å². The number of nitrogens with zero attached hydrogens (tertiary/aromatic N) is 6. The van der Waals surface area contributed by atoms with Crippen LogP contribution in [0.2, 0.25) is 0 Å². The molecule has 0 atom stereocenters. The number of anilines is 1. The number of amides is 1. The van der Waals surface area contributed by atoms with E-state index >= 15 is 0 Å². The Bertz CT molecular complexity index is 1420. The zero-order chi connectivity index (χ0) is 24.1. The van der Waals surface area contributed by atoms with Crippen LogP contribution in [0.15, 0.2) is 49.1 Å². The third-order valence-electron chi connectivity index (χ3n) is 7.01. The van der Waals surface area contributed by atoms with Gasteiger partial charge in [-0.15, -0.1) is 0 Å². The molecule has 0 radical (unpaired) electrons. The van der Waals surface area contributed by atoms with Crippen LogP contribution in [-0.2, 0) is 4.74 Å². The fourth-order valence-electron chi connectivity index (χ4n) is 4.86. The van der Waals surface area contributed by atoms with Crippen LogP contribution in [0.5, 0.6) is 0 Å². The first-order valence-corrected chi connectivity index (χ1v) is 11.7. The van der Waals surface area contributed by atoms with Crippen LogP contribution in [0, 0.1) is 12.7 Å². The molecule has 2 N–H and O–H groups in total. The fraction of sp³-hybridized carbons (Fsp3) is 0.320. The normalized spacial score (nSPS) is 17.1. The quantitative estimate of drug-likeness (QED) is 0.476. The summed E-state index contributed by atoms with van der Waals surface area (Å²) < 4.78 is 22.9. The molecular formula is C25H26FN7O2. The first-order valence-electron chi connectivity index (χ1n) is 11.7. The summed E-state index contributed by atoms with van der Waals surface area (Å²) in [6.45, 7) is 7.47. The molecule has 0 aliphatic carbocycles. The number of ether oxygens (including phenoxy) is 1. The van der Waals surface area contributed by atoms with Gasteiger partial charge in [0.25, 0.3) is 5.91 Å². The number of carbonyl (C=O) groups is 1. The number of benzene rings is 1. The van der Waals surface area contributed by atoms with Gasteiger partial charge in [0.2, 0.25) is 0 Å². The monoisotopic (exact) mass is 475 g/mol. The second-order valence-electron chi connectivity index (χ2n) is 9.14. The van der Waals surface area contributed by atoms with E-state index in [2.05, 4.69) is 32.1 Å². The third kappa shape index (κ3) is 3.84. The first-order chi connectivity index (χ1) is 17.0. The number of nitrogens with two attached hydrogens (primary N) is 1. The highest BCUT2D eigenvalue weighted by atomic mass is 19.1. The van der Waals surface area contributed by atoms with Crippen molar-refractivity contribution in [2.75, 3.05) is 44.3 Å². The van der Waals surface area contributed by atoms with Crippen molar-refractivity contribution in [1.82, 2.24) is 24.3 Å². The number of pyridine rings is 1. The van der Waals surface area contributed by atoms with Crippen LogP contribution in [0.3, 0.4) is 0 Å². The molecule has 180 valence electrons. The van der Waals surface area contributed by atoms with Crippen LogP contribution in [0.25, 0.3) is 22.3 Å². The van der Waals surface area contributed by atoms with Gasteiger partial charge in [0.1, 0.15) is 5.82 Å². The molecule has 2 saturated heterocycles. The maximum Gasteiger partial charge on any atom is 0.251 e. The van der Waals surface area contributed by atoms with E-state index in [1.807, 2.05) is 23.1 Å². The summed E-state index contributed by atoms with van der Waals surface area (Å²) in [5.74, 6) is -1.45. The number of fused-ring (bicyclic) bond motifs is 1. The lowest BCUT2D eigenvalue weighted by molar-refractivity contribution is -0.0660. The standard InChI is InChI=1S/C25H26FN7O2/c1-16-8-22(26)20(25(27)34)10-23(16)33-13-17(11-28-33)21-12-29-32-3-2-18(9-24(21)32)30-4-6-31(7-5-30)19-14-35-15-19/h2-3,8-13,19H,4-7,14-15H2,1H3,(H2,27,34). The molecule has 2 fully saturated rings. The Morgan fingerprint density at radius 1 is 1.11 bits per heavy atom. The summed E-state index contributed by atoms with van der Waals surface area (Å²) in [7, 11) is 0. The Labute approximate surface area is 201 Å². The Kier molecular flexibility index (Phi) is 5.27. The van der Waals surface area contributed by atoms with Crippen molar-refractivity contribution in [3.8, 4) is 16.8 Å². The third-order valence-corrected chi connectivity index (χ3v) is 7.01. The molecule has 10 heteroatoms. The highest BCUT2D eigenvalue weighted by Crippen LogP contribution is 2.29. The molecule has 0 bridgehead atoms. The van der Waals surface area contributed by atoms with Crippen molar-refractivity contribution in [1.29, 1.82) is 0 Å². The maximum absolute atomic E-state index is 14.1. The number of hydrogen-bond acceptors (Lipinski definition) is 6. The molecule has 9 nitrogen and oxygen atoms in total. The Morgan fingerprint density at radius 2 is 1.91 bits per heavy atom. The van der Waals surface area contributed by atoms with Gasteiger partial charge in [0.05, 0.1) is 48.4 Å². The molecule has 0 spiro atoms. The lowest BCUT2D eigenvalue weighted by atomic mass is 10.1. The van der Waals surface area contributed by atoms with Crippen molar-refractivity contribution >= 4 is 17.1 Å². The lowest BCUT2D eigenvalue weighted by Gasteiger charge is -2.43. The molecule has 5 heterocycles. The first kappa shape index (κ1) is 21.8. The molecule has 35 heavy (non-hydrogen) atoms. The number of hydrogen-bond donors (Lipinski definition) is 1. The van der Waals surface area contributed by atoms with E-state index in [0.29, 0.717) is 17.3 Å². The number of rotatable bonds is 5. The van der Waals surface area contributed by atoms with Crippen molar-refractivity contribution in [2.45, 2.75) is 13.0 Å². The molecule has 4 aromatic rings. The highest BCUT2D eigenvalue weighted by molar-refractivity contribution is 5.93. The minimum atomic E-state index is -0.812. The summed E-state index contributed by atoms with van der Waals surface area (Å²) in [5.41, 5.74) is 10.4. The highest BCUT2D eigenvalue weighted by Gasteiger charge is 2.29. The molecule has 1 aromatic carbocycles. The van der Waals surface area contributed by atoms with Crippen LogP contribution in [0.4, 0.5) is 10.1 Å². The number of carbonyl (C=O) groups excluding carboxylic acids is 1. The van der Waals surface area contributed by atoms with Crippen LogP contribution in [-0.4, -0.2) is 75.6 Å². The van der Waals surface area contributed by atoms with E-state index in [9.17, 15) is 9.18 Å².